The molecule has 2 rings (SSSR count). The van der Waals surface area contributed by atoms with Gasteiger partial charge >= 0.3 is 5.97 Å². The van der Waals surface area contributed by atoms with E-state index >= 15 is 0 Å². The highest BCUT2D eigenvalue weighted by Gasteiger charge is 2.34. The second-order valence-corrected chi connectivity index (χ2v) is 8.20. The van der Waals surface area contributed by atoms with E-state index in [2.05, 4.69) is 9.71 Å². The first-order valence-corrected chi connectivity index (χ1v) is 9.17. The van der Waals surface area contributed by atoms with Gasteiger partial charge in [0.25, 0.3) is 15.9 Å². The topological polar surface area (TPSA) is 116 Å². The lowest BCUT2D eigenvalue weighted by molar-refractivity contribution is -0.139. The van der Waals surface area contributed by atoms with Gasteiger partial charge in [-0.05, 0) is 25.0 Å². The van der Waals surface area contributed by atoms with Crippen molar-refractivity contribution in [1.82, 2.24) is 10.2 Å². The van der Waals surface area contributed by atoms with Crippen LogP contribution < -0.4 is 5.32 Å². The van der Waals surface area contributed by atoms with Crippen molar-refractivity contribution in [3.8, 4) is 0 Å². The number of aliphatic carboxylic acids is 1. The van der Waals surface area contributed by atoms with E-state index in [4.69, 9.17) is 5.11 Å². The zero-order valence-corrected chi connectivity index (χ0v) is 14.6. The molecule has 1 amide bonds. The summed E-state index contributed by atoms with van der Waals surface area (Å²) in [4.78, 5) is 25.2. The predicted molar refractivity (Wildman–Crippen MR) is 88.8 cm³/mol. The SMILES string of the molecule is CC(C)C(C)(CC(=O)O)NC(=O)C1=CN2CCS(=O)(=O)N=C2C=C1. The van der Waals surface area contributed by atoms with Crippen LogP contribution in [-0.4, -0.2) is 54.0 Å². The Bertz CT molecular complexity index is 751. The van der Waals surface area contributed by atoms with Crippen LogP contribution in [0.4, 0.5) is 0 Å². The van der Waals surface area contributed by atoms with Gasteiger partial charge in [-0.3, -0.25) is 9.59 Å². The highest BCUT2D eigenvalue weighted by atomic mass is 32.2. The van der Waals surface area contributed by atoms with Crippen LogP contribution >= 0.6 is 0 Å². The van der Waals surface area contributed by atoms with Crippen molar-refractivity contribution in [1.29, 1.82) is 0 Å². The minimum atomic E-state index is -3.44. The number of carbonyl (C=O) groups is 2. The number of hydrogen-bond donors (Lipinski definition) is 2. The summed E-state index contributed by atoms with van der Waals surface area (Å²) in [5.41, 5.74) is -0.567. The molecule has 0 aromatic heterocycles. The lowest BCUT2D eigenvalue weighted by Gasteiger charge is -2.34. The fraction of sp³-hybridized carbons (Fsp3) is 0.533. The fourth-order valence-corrected chi connectivity index (χ4v) is 3.34. The van der Waals surface area contributed by atoms with Crippen molar-refractivity contribution in [2.75, 3.05) is 12.3 Å². The maximum atomic E-state index is 12.5. The summed E-state index contributed by atoms with van der Waals surface area (Å²) in [5.74, 6) is -1.32. The van der Waals surface area contributed by atoms with Crippen LogP contribution in [0.5, 0.6) is 0 Å². The molecule has 0 fully saturated rings. The third-order valence-electron chi connectivity index (χ3n) is 4.28. The van der Waals surface area contributed by atoms with E-state index in [1.165, 1.54) is 18.4 Å². The summed E-state index contributed by atoms with van der Waals surface area (Å²) in [6.07, 6.45) is 4.29. The van der Waals surface area contributed by atoms with E-state index in [0.717, 1.165) is 0 Å². The number of carboxylic acids is 1. The number of hydrogen-bond acceptors (Lipinski definition) is 5. The standard InChI is InChI=1S/C15H21N3O5S/c1-10(2)15(3,8-13(19)20)16-14(21)11-4-5-12-17-24(22,23)7-6-18(12)9-11/h4-5,9-10H,6-8H2,1-3H3,(H,16,21)(H,19,20). The van der Waals surface area contributed by atoms with Crippen LogP contribution in [0.1, 0.15) is 27.2 Å². The van der Waals surface area contributed by atoms with E-state index in [1.807, 2.05) is 13.8 Å². The van der Waals surface area contributed by atoms with Gasteiger partial charge in [0, 0.05) is 12.7 Å². The molecule has 0 aromatic carbocycles. The Hall–Kier alpha value is -2.16. The van der Waals surface area contributed by atoms with Crippen LogP contribution in [0.15, 0.2) is 28.3 Å². The van der Waals surface area contributed by atoms with E-state index in [9.17, 15) is 18.0 Å². The highest BCUT2D eigenvalue weighted by molar-refractivity contribution is 7.90. The number of carbonyl (C=O) groups excluding carboxylic acids is 1. The molecular weight excluding hydrogens is 334 g/mol. The molecule has 2 heterocycles. The fourth-order valence-electron chi connectivity index (χ4n) is 2.37. The van der Waals surface area contributed by atoms with E-state index in [-0.39, 0.29) is 30.5 Å². The van der Waals surface area contributed by atoms with Gasteiger partial charge in [0.1, 0.15) is 5.84 Å². The first kappa shape index (κ1) is 18.2. The van der Waals surface area contributed by atoms with Crippen molar-refractivity contribution in [3.05, 3.63) is 23.9 Å². The molecular formula is C15H21N3O5S. The number of amidine groups is 1. The summed E-state index contributed by atoms with van der Waals surface area (Å²) in [6.45, 7) is 5.60. The summed E-state index contributed by atoms with van der Waals surface area (Å²) in [7, 11) is -3.44. The summed E-state index contributed by atoms with van der Waals surface area (Å²) in [6, 6.07) is 0. The Morgan fingerprint density at radius 2 is 2.08 bits per heavy atom. The predicted octanol–water partition coefficient (Wildman–Crippen LogP) is 0.490. The number of nitrogens with zero attached hydrogens (tertiary/aromatic N) is 2. The van der Waals surface area contributed by atoms with Gasteiger partial charge in [-0.1, -0.05) is 13.8 Å². The molecule has 0 aromatic rings. The zero-order chi connectivity index (χ0) is 18.1. The normalized spacial score (nSPS) is 21.4. The molecule has 24 heavy (non-hydrogen) atoms. The quantitative estimate of drug-likeness (QED) is 0.741. The van der Waals surface area contributed by atoms with Crippen molar-refractivity contribution in [2.24, 2.45) is 10.3 Å². The van der Waals surface area contributed by atoms with Crippen molar-refractivity contribution >= 4 is 27.7 Å². The molecule has 0 saturated heterocycles. The van der Waals surface area contributed by atoms with E-state index < -0.39 is 27.4 Å². The van der Waals surface area contributed by atoms with E-state index in [0.29, 0.717) is 5.57 Å². The maximum Gasteiger partial charge on any atom is 0.305 e. The van der Waals surface area contributed by atoms with Gasteiger partial charge in [0.05, 0.1) is 23.3 Å². The van der Waals surface area contributed by atoms with E-state index in [1.54, 1.807) is 11.8 Å². The summed E-state index contributed by atoms with van der Waals surface area (Å²) in [5, 5.41) is 11.8. The average Bonchev–Trinajstić information content (AvgIpc) is 2.44. The van der Waals surface area contributed by atoms with Gasteiger partial charge in [-0.15, -0.1) is 4.40 Å². The third-order valence-corrected chi connectivity index (χ3v) is 5.44. The number of rotatable bonds is 5. The summed E-state index contributed by atoms with van der Waals surface area (Å²) < 4.78 is 26.6. The van der Waals surface area contributed by atoms with Crippen molar-refractivity contribution < 1.29 is 23.1 Å². The van der Waals surface area contributed by atoms with Crippen LogP contribution in [0, 0.1) is 5.92 Å². The van der Waals surface area contributed by atoms with Gasteiger partial charge in [-0.25, -0.2) is 8.42 Å². The Balaban J connectivity index is 2.18. The molecule has 1 atom stereocenters. The highest BCUT2D eigenvalue weighted by Crippen LogP contribution is 2.23. The molecule has 0 spiro atoms. The molecule has 2 N–H and O–H groups in total. The van der Waals surface area contributed by atoms with Crippen molar-refractivity contribution in [3.63, 3.8) is 0 Å². The molecule has 0 saturated carbocycles. The number of amides is 1. The Labute approximate surface area is 141 Å². The number of carboxylic acid groups (broad SMARTS) is 1. The van der Waals surface area contributed by atoms with Crippen LogP contribution in [-0.2, 0) is 19.6 Å². The number of sulfonamides is 1. The Kier molecular flexibility index (Phi) is 4.84. The van der Waals surface area contributed by atoms with Crippen LogP contribution in [0.3, 0.4) is 0 Å². The van der Waals surface area contributed by atoms with Gasteiger partial charge < -0.3 is 15.3 Å². The lowest BCUT2D eigenvalue weighted by Crippen LogP contribution is -2.52. The molecule has 132 valence electrons. The van der Waals surface area contributed by atoms with Crippen LogP contribution in [0.25, 0.3) is 0 Å². The first-order chi connectivity index (χ1) is 11.0. The smallest absolute Gasteiger partial charge is 0.305 e. The second kappa shape index (κ2) is 6.39. The molecule has 2 aliphatic rings. The largest absolute Gasteiger partial charge is 0.481 e. The number of nitrogens with one attached hydrogen (secondary N) is 1. The maximum absolute atomic E-state index is 12.5. The minimum Gasteiger partial charge on any atom is -0.481 e. The molecule has 0 aliphatic carbocycles. The van der Waals surface area contributed by atoms with Crippen LogP contribution in [0.2, 0.25) is 0 Å². The molecule has 9 heteroatoms. The lowest BCUT2D eigenvalue weighted by atomic mass is 9.85. The average molecular weight is 355 g/mol. The van der Waals surface area contributed by atoms with Gasteiger partial charge in [0.2, 0.25) is 0 Å². The Morgan fingerprint density at radius 1 is 1.42 bits per heavy atom. The Morgan fingerprint density at radius 3 is 2.67 bits per heavy atom. The first-order valence-electron chi connectivity index (χ1n) is 7.56. The molecule has 0 bridgehead atoms. The molecule has 8 nitrogen and oxygen atoms in total. The molecule has 0 radical (unpaired) electrons. The van der Waals surface area contributed by atoms with Crippen molar-refractivity contribution in [2.45, 2.75) is 32.7 Å². The van der Waals surface area contributed by atoms with Gasteiger partial charge in [0.15, 0.2) is 0 Å². The molecule has 1 unspecified atom stereocenters. The second-order valence-electron chi connectivity index (χ2n) is 6.44. The van der Waals surface area contributed by atoms with Gasteiger partial charge in [-0.2, -0.15) is 0 Å². The minimum absolute atomic E-state index is 0.0806. The third kappa shape index (κ3) is 4.02. The summed E-state index contributed by atoms with van der Waals surface area (Å²) >= 11 is 0. The molecule has 2 aliphatic heterocycles. The zero-order valence-electron chi connectivity index (χ0n) is 13.8. The number of fused-ring (bicyclic) bond motifs is 1. The monoisotopic (exact) mass is 355 g/mol.